The summed E-state index contributed by atoms with van der Waals surface area (Å²) in [5.41, 5.74) is 4.47. The number of carbonyl (C=O) groups is 2. The maximum absolute atomic E-state index is 13.6. The minimum Gasteiger partial charge on any atom is -0.376 e. The lowest BCUT2D eigenvalue weighted by Gasteiger charge is -2.37. The zero-order valence-corrected chi connectivity index (χ0v) is 20.0. The summed E-state index contributed by atoms with van der Waals surface area (Å²) in [7, 11) is 0. The predicted octanol–water partition coefficient (Wildman–Crippen LogP) is 4.60. The first kappa shape index (κ1) is 22.7. The van der Waals surface area contributed by atoms with Gasteiger partial charge in [0.2, 0.25) is 5.91 Å². The van der Waals surface area contributed by atoms with E-state index in [0.717, 1.165) is 54.1 Å². The van der Waals surface area contributed by atoms with E-state index in [2.05, 4.69) is 29.4 Å². The lowest BCUT2D eigenvalue weighted by molar-refractivity contribution is -0.121. The van der Waals surface area contributed by atoms with Crippen molar-refractivity contribution in [1.29, 1.82) is 0 Å². The van der Waals surface area contributed by atoms with Crippen LogP contribution < -0.4 is 15.5 Å². The Bertz CT molecular complexity index is 1100. The van der Waals surface area contributed by atoms with Gasteiger partial charge in [0.25, 0.3) is 0 Å². The molecular formula is C28H33N3O3. The van der Waals surface area contributed by atoms with Crippen LogP contribution in [-0.2, 0) is 14.3 Å². The van der Waals surface area contributed by atoms with Crippen molar-refractivity contribution in [2.75, 3.05) is 29.9 Å². The molecule has 5 rings (SSSR count). The number of hydrogen-bond donors (Lipinski definition) is 2. The monoisotopic (exact) mass is 459 g/mol. The van der Waals surface area contributed by atoms with Gasteiger partial charge in [0, 0.05) is 30.8 Å². The summed E-state index contributed by atoms with van der Waals surface area (Å²) in [6.07, 6.45) is 3.38. The third-order valence-corrected chi connectivity index (χ3v) is 6.98. The molecule has 1 fully saturated rings. The van der Waals surface area contributed by atoms with E-state index in [1.807, 2.05) is 54.6 Å². The maximum atomic E-state index is 13.6. The van der Waals surface area contributed by atoms with E-state index in [9.17, 15) is 9.59 Å². The minimum absolute atomic E-state index is 0.0705. The molecule has 2 aromatic carbocycles. The van der Waals surface area contributed by atoms with Gasteiger partial charge < -0.3 is 20.3 Å². The molecule has 2 N–H and O–H groups in total. The van der Waals surface area contributed by atoms with Gasteiger partial charge in [-0.3, -0.25) is 9.59 Å². The summed E-state index contributed by atoms with van der Waals surface area (Å²) in [4.78, 5) is 28.9. The Hall–Kier alpha value is -3.12. The molecule has 2 heterocycles. The first-order valence-corrected chi connectivity index (χ1v) is 12.2. The lowest BCUT2D eigenvalue weighted by atomic mass is 9.73. The molecule has 6 heteroatoms. The van der Waals surface area contributed by atoms with E-state index in [0.29, 0.717) is 13.0 Å². The van der Waals surface area contributed by atoms with Gasteiger partial charge in [-0.05, 0) is 42.4 Å². The molecule has 0 spiro atoms. The maximum Gasteiger partial charge on any atom is 0.239 e. The molecule has 0 saturated carbocycles. The van der Waals surface area contributed by atoms with Gasteiger partial charge >= 0.3 is 0 Å². The fourth-order valence-electron chi connectivity index (χ4n) is 5.45. The van der Waals surface area contributed by atoms with Crippen molar-refractivity contribution in [3.8, 4) is 0 Å². The number of carbonyl (C=O) groups excluding carboxylic acids is 2. The van der Waals surface area contributed by atoms with E-state index in [1.54, 1.807) is 0 Å². The van der Waals surface area contributed by atoms with Gasteiger partial charge in [0.1, 0.15) is 0 Å². The molecule has 0 bridgehead atoms. The minimum atomic E-state index is -0.343. The van der Waals surface area contributed by atoms with Crippen molar-refractivity contribution in [3.05, 3.63) is 71.4 Å². The highest BCUT2D eigenvalue weighted by atomic mass is 16.5. The highest BCUT2D eigenvalue weighted by molar-refractivity contribution is 6.01. The Morgan fingerprint density at radius 1 is 1.12 bits per heavy atom. The number of anilines is 2. The molecule has 3 aliphatic rings. The second kappa shape index (κ2) is 9.26. The first-order valence-electron chi connectivity index (χ1n) is 12.2. The first-order chi connectivity index (χ1) is 16.4. The molecular weight excluding hydrogens is 426 g/mol. The molecule has 1 amide bonds. The van der Waals surface area contributed by atoms with E-state index >= 15 is 0 Å². The van der Waals surface area contributed by atoms with Crippen LogP contribution in [0.5, 0.6) is 0 Å². The number of fused-ring (bicyclic) bond motifs is 1. The normalized spacial score (nSPS) is 23.6. The van der Waals surface area contributed by atoms with Crippen LogP contribution in [0.25, 0.3) is 0 Å². The van der Waals surface area contributed by atoms with Gasteiger partial charge in [-0.25, -0.2) is 0 Å². The topological polar surface area (TPSA) is 70.7 Å². The number of hydrogen-bond acceptors (Lipinski definition) is 5. The van der Waals surface area contributed by atoms with Gasteiger partial charge in [0.05, 0.1) is 30.1 Å². The fourth-order valence-corrected chi connectivity index (χ4v) is 5.45. The molecule has 1 aliphatic carbocycles. The number of amides is 1. The van der Waals surface area contributed by atoms with Crippen LogP contribution in [-0.4, -0.2) is 37.5 Å². The molecule has 0 aromatic heterocycles. The van der Waals surface area contributed by atoms with Crippen molar-refractivity contribution in [2.24, 2.45) is 5.41 Å². The summed E-state index contributed by atoms with van der Waals surface area (Å²) in [6, 6.07) is 17.7. The number of nitrogens with zero attached hydrogens (tertiary/aromatic N) is 1. The predicted molar refractivity (Wildman–Crippen MR) is 134 cm³/mol. The second-order valence-electron chi connectivity index (χ2n) is 10.4. The highest BCUT2D eigenvalue weighted by Gasteiger charge is 2.41. The van der Waals surface area contributed by atoms with Crippen LogP contribution in [0.4, 0.5) is 11.4 Å². The zero-order valence-electron chi connectivity index (χ0n) is 20.0. The molecule has 1 saturated heterocycles. The number of benzene rings is 2. The Morgan fingerprint density at radius 3 is 2.65 bits per heavy atom. The Balaban J connectivity index is 1.56. The van der Waals surface area contributed by atoms with Crippen LogP contribution in [0.3, 0.4) is 0 Å². The van der Waals surface area contributed by atoms with E-state index < -0.39 is 0 Å². The summed E-state index contributed by atoms with van der Waals surface area (Å²) < 4.78 is 5.67. The van der Waals surface area contributed by atoms with Crippen LogP contribution in [0.2, 0.25) is 0 Å². The zero-order chi connectivity index (χ0) is 23.7. The number of ether oxygens (including phenoxy) is 1. The quantitative estimate of drug-likeness (QED) is 0.684. The van der Waals surface area contributed by atoms with Crippen molar-refractivity contribution in [2.45, 2.75) is 51.7 Å². The smallest absolute Gasteiger partial charge is 0.239 e. The summed E-state index contributed by atoms with van der Waals surface area (Å²) >= 11 is 0. The number of rotatable bonds is 5. The number of para-hydroxylation sites is 2. The van der Waals surface area contributed by atoms with Gasteiger partial charge in [0.15, 0.2) is 5.78 Å². The average Bonchev–Trinajstić information content (AvgIpc) is 3.29. The van der Waals surface area contributed by atoms with Crippen molar-refractivity contribution < 1.29 is 14.3 Å². The molecule has 6 nitrogen and oxygen atoms in total. The SMILES string of the molecule is CC1(C)CC(=O)C2=C(C1)Nc1ccccc1N(CC(=O)NC[C@@H]1CCCO1)[C@H]2c1ccccc1. The third-order valence-electron chi connectivity index (χ3n) is 6.98. The average molecular weight is 460 g/mol. The molecule has 2 atom stereocenters. The molecule has 0 radical (unpaired) electrons. The van der Waals surface area contributed by atoms with E-state index in [1.165, 1.54) is 0 Å². The highest BCUT2D eigenvalue weighted by Crippen LogP contribution is 2.48. The molecule has 2 aromatic rings. The van der Waals surface area contributed by atoms with E-state index in [4.69, 9.17) is 4.74 Å². The van der Waals surface area contributed by atoms with Crippen LogP contribution in [0.15, 0.2) is 65.9 Å². The number of nitrogens with one attached hydrogen (secondary N) is 2. The van der Waals surface area contributed by atoms with Gasteiger partial charge in [-0.1, -0.05) is 56.3 Å². The van der Waals surface area contributed by atoms with Crippen LogP contribution in [0.1, 0.15) is 51.1 Å². The molecule has 2 aliphatic heterocycles. The number of ketones is 1. The second-order valence-corrected chi connectivity index (χ2v) is 10.4. The fraction of sp³-hybridized carbons (Fsp3) is 0.429. The van der Waals surface area contributed by atoms with Gasteiger partial charge in [-0.15, -0.1) is 0 Å². The summed E-state index contributed by atoms with van der Waals surface area (Å²) in [5.74, 6) is 0.0732. The molecule has 34 heavy (non-hydrogen) atoms. The molecule has 0 unspecified atom stereocenters. The number of allylic oxidation sites excluding steroid dienone is 1. The van der Waals surface area contributed by atoms with Gasteiger partial charge in [-0.2, -0.15) is 0 Å². The van der Waals surface area contributed by atoms with Crippen molar-refractivity contribution >= 4 is 23.1 Å². The van der Waals surface area contributed by atoms with Crippen molar-refractivity contribution in [1.82, 2.24) is 5.32 Å². The third kappa shape index (κ3) is 4.60. The Morgan fingerprint density at radius 2 is 1.88 bits per heavy atom. The number of Topliss-reactive ketones (excluding diaryl/α,β-unsaturated/α-hetero) is 1. The Labute approximate surface area is 201 Å². The van der Waals surface area contributed by atoms with Crippen molar-refractivity contribution in [3.63, 3.8) is 0 Å². The van der Waals surface area contributed by atoms with Crippen LogP contribution in [0, 0.1) is 5.41 Å². The summed E-state index contributed by atoms with van der Waals surface area (Å²) in [5, 5.41) is 6.66. The summed E-state index contributed by atoms with van der Waals surface area (Å²) in [6.45, 7) is 5.71. The van der Waals surface area contributed by atoms with E-state index in [-0.39, 0.29) is 35.8 Å². The van der Waals surface area contributed by atoms with Crippen LogP contribution >= 0.6 is 0 Å². The Kier molecular flexibility index (Phi) is 6.17. The lowest BCUT2D eigenvalue weighted by Crippen LogP contribution is -2.43. The standard InChI is InChI=1S/C28H33N3O3/c1-28(2)15-22-26(24(32)16-28)27(19-9-4-3-5-10-19)31(23-13-7-6-12-21(23)30-22)18-25(33)29-17-20-11-8-14-34-20/h3-7,9-10,12-13,20,27,30H,8,11,14-18H2,1-2H3,(H,29,33)/t20-,27-/m0/s1. The molecule has 178 valence electrons. The largest absolute Gasteiger partial charge is 0.376 e.